The van der Waals surface area contributed by atoms with Gasteiger partial charge in [0.05, 0.1) is 6.61 Å². The minimum Gasteiger partial charge on any atom is -0.363 e. The van der Waals surface area contributed by atoms with Gasteiger partial charge in [-0.2, -0.15) is 0 Å². The van der Waals surface area contributed by atoms with Crippen LogP contribution < -0.4 is 0 Å². The number of hydrogen-bond acceptors (Lipinski definition) is 1. The topological polar surface area (TPSA) is 9.23 Å². The zero-order valence-corrected chi connectivity index (χ0v) is 6.05. The molecule has 0 unspecified atom stereocenters. The minimum absolute atomic E-state index is 0.0122. The Labute approximate surface area is 61.4 Å². The van der Waals surface area contributed by atoms with Crippen LogP contribution in [0.4, 0.5) is 0 Å². The molecule has 54 valence electrons. The molecule has 1 aliphatic carbocycles. The van der Waals surface area contributed by atoms with Crippen LogP contribution >= 0.6 is 0 Å². The van der Waals surface area contributed by atoms with Crippen molar-refractivity contribution in [2.24, 2.45) is 0 Å². The Bertz CT molecular complexity index is 181. The summed E-state index contributed by atoms with van der Waals surface area (Å²) in [6.45, 7) is 0.796. The second-order valence-corrected chi connectivity index (χ2v) is 2.96. The number of allylic oxidation sites excluding steroid dienone is 1. The first-order valence-corrected chi connectivity index (χ1v) is 3.91. The van der Waals surface area contributed by atoms with E-state index in [0.717, 1.165) is 6.61 Å². The van der Waals surface area contributed by atoms with Crippen LogP contribution in [0.5, 0.6) is 0 Å². The number of ether oxygens (including phenoxy) is 1. The van der Waals surface area contributed by atoms with Crippen molar-refractivity contribution in [2.45, 2.75) is 24.9 Å². The van der Waals surface area contributed by atoms with Gasteiger partial charge >= 0.3 is 0 Å². The first kappa shape index (κ1) is 6.17. The third-order valence-corrected chi connectivity index (χ3v) is 2.19. The van der Waals surface area contributed by atoms with Gasteiger partial charge in [0.2, 0.25) is 0 Å². The van der Waals surface area contributed by atoms with Crippen molar-refractivity contribution in [3.8, 4) is 0 Å². The Hall–Kier alpha value is -0.560. The van der Waals surface area contributed by atoms with E-state index in [1.807, 2.05) is 0 Å². The monoisotopic (exact) mass is 136 g/mol. The van der Waals surface area contributed by atoms with Crippen molar-refractivity contribution in [1.82, 2.24) is 0 Å². The largest absolute Gasteiger partial charge is 0.363 e. The molecule has 0 amide bonds. The maximum atomic E-state index is 5.58. The fourth-order valence-corrected chi connectivity index (χ4v) is 1.62. The highest BCUT2D eigenvalue weighted by molar-refractivity contribution is 5.20. The average Bonchev–Trinajstić information content (AvgIpc) is 2.39. The van der Waals surface area contributed by atoms with Gasteiger partial charge in [-0.05, 0) is 19.3 Å². The Balaban J connectivity index is 2.20. The molecule has 0 radical (unpaired) electrons. The molecule has 1 heteroatoms. The van der Waals surface area contributed by atoms with E-state index in [1.165, 1.54) is 19.3 Å². The predicted octanol–water partition coefficient (Wildman–Crippen LogP) is 2.05. The zero-order valence-electron chi connectivity index (χ0n) is 6.05. The van der Waals surface area contributed by atoms with E-state index in [-0.39, 0.29) is 5.60 Å². The molecule has 0 saturated heterocycles. The van der Waals surface area contributed by atoms with Crippen molar-refractivity contribution in [3.63, 3.8) is 0 Å². The zero-order chi connectivity index (χ0) is 6.86. The van der Waals surface area contributed by atoms with Gasteiger partial charge in [0.15, 0.2) is 0 Å². The SMILES string of the molecule is C1=C[C@]2(C=CCO2)CCC1. The average molecular weight is 136 g/mol. The number of hydrogen-bond donors (Lipinski definition) is 0. The molecular formula is C9H12O. The van der Waals surface area contributed by atoms with Gasteiger partial charge in [0, 0.05) is 0 Å². The van der Waals surface area contributed by atoms with Crippen LogP contribution in [0.1, 0.15) is 19.3 Å². The fourth-order valence-electron chi connectivity index (χ4n) is 1.62. The third kappa shape index (κ3) is 0.907. The summed E-state index contributed by atoms with van der Waals surface area (Å²) in [6, 6.07) is 0. The van der Waals surface area contributed by atoms with E-state index in [2.05, 4.69) is 24.3 Å². The van der Waals surface area contributed by atoms with E-state index in [9.17, 15) is 0 Å². The lowest BCUT2D eigenvalue weighted by molar-refractivity contribution is 0.0537. The van der Waals surface area contributed by atoms with Crippen molar-refractivity contribution in [2.75, 3.05) is 6.61 Å². The first-order valence-electron chi connectivity index (χ1n) is 3.91. The van der Waals surface area contributed by atoms with Crippen LogP contribution in [0.15, 0.2) is 24.3 Å². The maximum absolute atomic E-state index is 5.58. The molecule has 0 N–H and O–H groups in total. The van der Waals surface area contributed by atoms with E-state index in [0.29, 0.717) is 0 Å². The van der Waals surface area contributed by atoms with E-state index >= 15 is 0 Å². The van der Waals surface area contributed by atoms with Crippen LogP contribution in [0.2, 0.25) is 0 Å². The van der Waals surface area contributed by atoms with E-state index in [1.54, 1.807) is 0 Å². The number of rotatable bonds is 0. The lowest BCUT2D eigenvalue weighted by Gasteiger charge is -2.25. The lowest BCUT2D eigenvalue weighted by Crippen LogP contribution is -2.25. The van der Waals surface area contributed by atoms with Gasteiger partial charge in [0.25, 0.3) is 0 Å². The molecule has 0 fully saturated rings. The van der Waals surface area contributed by atoms with E-state index < -0.39 is 0 Å². The van der Waals surface area contributed by atoms with E-state index in [4.69, 9.17) is 4.74 Å². The lowest BCUT2D eigenvalue weighted by atomic mass is 9.91. The van der Waals surface area contributed by atoms with Crippen molar-refractivity contribution in [3.05, 3.63) is 24.3 Å². The smallest absolute Gasteiger partial charge is 0.105 e. The van der Waals surface area contributed by atoms with Crippen LogP contribution in [0.3, 0.4) is 0 Å². The molecule has 2 aliphatic rings. The van der Waals surface area contributed by atoms with Gasteiger partial charge in [-0.25, -0.2) is 0 Å². The second-order valence-electron chi connectivity index (χ2n) is 2.96. The molecule has 1 spiro atoms. The molecular weight excluding hydrogens is 124 g/mol. The minimum atomic E-state index is 0.0122. The molecule has 0 bridgehead atoms. The third-order valence-electron chi connectivity index (χ3n) is 2.19. The standard InChI is InChI=1S/C9H12O/c1-2-5-9(6-3-1)7-4-8-10-9/h2,4-5,7H,1,3,6,8H2/t9-/m1/s1. The molecule has 1 heterocycles. The first-order chi connectivity index (χ1) is 4.91. The predicted molar refractivity (Wildman–Crippen MR) is 40.8 cm³/mol. The highest BCUT2D eigenvalue weighted by atomic mass is 16.5. The quantitative estimate of drug-likeness (QED) is 0.463. The van der Waals surface area contributed by atoms with Crippen LogP contribution in [0, 0.1) is 0 Å². The molecule has 1 nitrogen and oxygen atoms in total. The molecule has 0 aromatic heterocycles. The summed E-state index contributed by atoms with van der Waals surface area (Å²) >= 11 is 0. The van der Waals surface area contributed by atoms with Crippen LogP contribution in [-0.2, 0) is 4.74 Å². The molecule has 0 aromatic rings. The maximum Gasteiger partial charge on any atom is 0.105 e. The van der Waals surface area contributed by atoms with Crippen LogP contribution in [-0.4, -0.2) is 12.2 Å². The summed E-state index contributed by atoms with van der Waals surface area (Å²) in [5.41, 5.74) is 0.0122. The molecule has 10 heavy (non-hydrogen) atoms. The molecule has 1 aliphatic heterocycles. The summed E-state index contributed by atoms with van der Waals surface area (Å²) < 4.78 is 5.58. The van der Waals surface area contributed by atoms with Gasteiger partial charge in [-0.1, -0.05) is 24.3 Å². The van der Waals surface area contributed by atoms with Crippen molar-refractivity contribution >= 4 is 0 Å². The highest BCUT2D eigenvalue weighted by Crippen LogP contribution is 2.30. The molecule has 1 atom stereocenters. The molecule has 0 saturated carbocycles. The molecule has 0 aromatic carbocycles. The Morgan fingerprint density at radius 2 is 2.10 bits per heavy atom. The van der Waals surface area contributed by atoms with Crippen molar-refractivity contribution in [1.29, 1.82) is 0 Å². The van der Waals surface area contributed by atoms with Gasteiger partial charge in [0.1, 0.15) is 5.60 Å². The highest BCUT2D eigenvalue weighted by Gasteiger charge is 2.28. The van der Waals surface area contributed by atoms with Gasteiger partial charge < -0.3 is 4.74 Å². The fraction of sp³-hybridized carbons (Fsp3) is 0.556. The molecule has 2 rings (SSSR count). The Morgan fingerprint density at radius 3 is 2.70 bits per heavy atom. The normalized spacial score (nSPS) is 37.6. The van der Waals surface area contributed by atoms with Crippen molar-refractivity contribution < 1.29 is 4.74 Å². The van der Waals surface area contributed by atoms with Gasteiger partial charge in [-0.15, -0.1) is 0 Å². The Morgan fingerprint density at radius 1 is 1.20 bits per heavy atom. The summed E-state index contributed by atoms with van der Waals surface area (Å²) in [4.78, 5) is 0. The summed E-state index contributed by atoms with van der Waals surface area (Å²) in [7, 11) is 0. The summed E-state index contributed by atoms with van der Waals surface area (Å²) in [5.74, 6) is 0. The van der Waals surface area contributed by atoms with Gasteiger partial charge in [-0.3, -0.25) is 0 Å². The summed E-state index contributed by atoms with van der Waals surface area (Å²) in [6.07, 6.45) is 12.4. The Kier molecular flexibility index (Phi) is 1.38. The second kappa shape index (κ2) is 2.24. The van der Waals surface area contributed by atoms with Crippen LogP contribution in [0.25, 0.3) is 0 Å². The summed E-state index contributed by atoms with van der Waals surface area (Å²) in [5, 5.41) is 0.